The molecule has 2 aromatic carbocycles. The summed E-state index contributed by atoms with van der Waals surface area (Å²) in [4.78, 5) is 9.77. The number of fused-ring (bicyclic) bond motifs is 1. The average molecular weight is 550 g/mol. The molecule has 1 heterocycles. The molecule has 1 aliphatic heterocycles. The van der Waals surface area contributed by atoms with E-state index < -0.39 is 0 Å². The Morgan fingerprint density at radius 2 is 1.89 bits per heavy atom. The lowest BCUT2D eigenvalue weighted by Crippen LogP contribution is -2.08. The van der Waals surface area contributed by atoms with Gasteiger partial charge >= 0.3 is 0 Å². The molecule has 190 valence electrons. The first kappa shape index (κ1) is 29.0. The highest BCUT2D eigenvalue weighted by Crippen LogP contribution is 2.33. The van der Waals surface area contributed by atoms with Crippen molar-refractivity contribution in [1.29, 1.82) is 0 Å². The molecule has 0 radical (unpaired) electrons. The summed E-state index contributed by atoms with van der Waals surface area (Å²) in [5.41, 5.74) is 7.47. The van der Waals surface area contributed by atoms with Gasteiger partial charge in [-0.2, -0.15) is 0 Å². The number of ether oxygens (including phenoxy) is 1. The molecule has 0 saturated carbocycles. The summed E-state index contributed by atoms with van der Waals surface area (Å²) in [7, 11) is 0. The van der Waals surface area contributed by atoms with Gasteiger partial charge in [0.15, 0.2) is 0 Å². The third-order valence-electron chi connectivity index (χ3n) is 5.51. The second-order valence-electron chi connectivity index (χ2n) is 8.28. The average Bonchev–Trinajstić information content (AvgIpc) is 3.20. The monoisotopic (exact) mass is 548 g/mol. The van der Waals surface area contributed by atoms with Crippen LogP contribution in [0.15, 0.2) is 101 Å². The Balaban J connectivity index is 0.000000440. The van der Waals surface area contributed by atoms with Crippen LogP contribution in [0.5, 0.6) is 5.75 Å². The van der Waals surface area contributed by atoms with Gasteiger partial charge in [-0.05, 0) is 76.8 Å². The van der Waals surface area contributed by atoms with Crippen molar-refractivity contribution in [1.82, 2.24) is 0 Å². The van der Waals surface area contributed by atoms with Crippen LogP contribution < -0.4 is 15.4 Å². The molecule has 2 aliphatic rings. The molecule has 5 heteroatoms. The number of aldehydes is 1. The minimum atomic E-state index is 0.0478. The van der Waals surface area contributed by atoms with Crippen LogP contribution in [0.2, 0.25) is 0 Å². The van der Waals surface area contributed by atoms with Gasteiger partial charge < -0.3 is 20.2 Å². The maximum Gasteiger partial charge on any atom is 0.149 e. The maximum atomic E-state index is 9.77. The number of para-hydroxylation sites is 2. The first-order chi connectivity index (χ1) is 17.5. The Labute approximate surface area is 224 Å². The number of hydrogen-bond donors (Lipinski definition) is 2. The van der Waals surface area contributed by atoms with Gasteiger partial charge in [0.1, 0.15) is 17.8 Å². The molecule has 0 bridgehead atoms. The van der Waals surface area contributed by atoms with Gasteiger partial charge in [-0.1, -0.05) is 64.5 Å². The van der Waals surface area contributed by atoms with Crippen molar-refractivity contribution in [2.45, 2.75) is 53.5 Å². The third kappa shape index (κ3) is 9.07. The molecule has 0 saturated heterocycles. The van der Waals surface area contributed by atoms with Crippen molar-refractivity contribution in [3.05, 3.63) is 106 Å². The summed E-state index contributed by atoms with van der Waals surface area (Å²) >= 11 is 3.54. The highest BCUT2D eigenvalue weighted by molar-refractivity contribution is 9.11. The number of rotatable bonds is 6. The highest BCUT2D eigenvalue weighted by atomic mass is 79.9. The molecule has 0 aromatic heterocycles. The van der Waals surface area contributed by atoms with Gasteiger partial charge in [0.05, 0.1) is 21.9 Å². The number of carbonyl (C=O) groups excluding carboxylic acids is 1. The van der Waals surface area contributed by atoms with Gasteiger partial charge in [-0.3, -0.25) is 0 Å². The molecule has 0 amide bonds. The van der Waals surface area contributed by atoms with Crippen molar-refractivity contribution < 1.29 is 9.53 Å². The number of benzene rings is 2. The molecule has 2 N–H and O–H groups in total. The maximum absolute atomic E-state index is 9.77. The minimum absolute atomic E-state index is 0.0478. The summed E-state index contributed by atoms with van der Waals surface area (Å²) in [5, 5.41) is 7.05. The van der Waals surface area contributed by atoms with Crippen LogP contribution in [-0.4, -0.2) is 6.29 Å². The summed E-state index contributed by atoms with van der Waals surface area (Å²) in [6, 6.07) is 16.4. The van der Waals surface area contributed by atoms with Gasteiger partial charge in [-0.25, -0.2) is 0 Å². The topological polar surface area (TPSA) is 50.4 Å². The standard InChI is InChI=1S/C23H19BrN2O.C6H12O.C2H6/c1-16-14-22(26-21-12-6-5-11-20(21)25-16)17-8-7-9-18(15-17)27-23-13-4-2-3-10-19(23)24;1-3-6(2)4-5-7;1-2/h2-3,5-15,22,25-26H,1H3;5-6H,3-4H2,1-2H3;1-2H3. The van der Waals surface area contributed by atoms with Crippen LogP contribution in [0.25, 0.3) is 0 Å². The molecule has 2 unspecified atom stereocenters. The Morgan fingerprint density at radius 3 is 2.58 bits per heavy atom. The van der Waals surface area contributed by atoms with Crippen molar-refractivity contribution in [2.24, 2.45) is 5.92 Å². The summed E-state index contributed by atoms with van der Waals surface area (Å²) < 4.78 is 6.97. The van der Waals surface area contributed by atoms with E-state index in [9.17, 15) is 4.79 Å². The zero-order valence-corrected chi connectivity index (χ0v) is 23.4. The normalized spacial score (nSPS) is 16.3. The Morgan fingerprint density at radius 1 is 1.14 bits per heavy atom. The zero-order valence-electron chi connectivity index (χ0n) is 21.8. The number of carbonyl (C=O) groups is 1. The molecule has 4 rings (SSSR count). The van der Waals surface area contributed by atoms with Crippen LogP contribution in [0.3, 0.4) is 0 Å². The van der Waals surface area contributed by atoms with E-state index >= 15 is 0 Å². The van der Waals surface area contributed by atoms with E-state index in [1.165, 1.54) is 0 Å². The quantitative estimate of drug-likeness (QED) is 0.279. The largest absolute Gasteiger partial charge is 0.456 e. The van der Waals surface area contributed by atoms with E-state index in [0.717, 1.165) is 57.8 Å². The number of halogens is 1. The summed E-state index contributed by atoms with van der Waals surface area (Å²) in [6.07, 6.45) is 12.5. The minimum Gasteiger partial charge on any atom is -0.456 e. The number of anilines is 2. The fourth-order valence-electron chi connectivity index (χ4n) is 3.38. The second kappa shape index (κ2) is 15.7. The van der Waals surface area contributed by atoms with Crippen LogP contribution in [0, 0.1) is 5.92 Å². The summed E-state index contributed by atoms with van der Waals surface area (Å²) in [6.45, 7) is 10.2. The Bertz CT molecular complexity index is 1160. The van der Waals surface area contributed by atoms with Crippen molar-refractivity contribution in [3.8, 4) is 5.75 Å². The zero-order chi connectivity index (χ0) is 26.3. The molecular weight excluding hydrogens is 512 g/mol. The molecule has 1 aliphatic carbocycles. The lowest BCUT2D eigenvalue weighted by atomic mass is 10.1. The predicted molar refractivity (Wildman–Crippen MR) is 156 cm³/mol. The number of hydrogen-bond acceptors (Lipinski definition) is 4. The molecule has 4 nitrogen and oxygen atoms in total. The molecular formula is C31H37BrN2O2. The molecule has 0 fully saturated rings. The van der Waals surface area contributed by atoms with E-state index in [-0.39, 0.29) is 6.04 Å². The molecule has 0 spiro atoms. The molecule has 2 atom stereocenters. The fourth-order valence-corrected chi connectivity index (χ4v) is 3.73. The fraction of sp³-hybridized carbons (Fsp3) is 0.290. The lowest BCUT2D eigenvalue weighted by Gasteiger charge is -2.17. The van der Waals surface area contributed by atoms with Gasteiger partial charge in [0.2, 0.25) is 0 Å². The number of allylic oxidation sites excluding steroid dienone is 5. The third-order valence-corrected chi connectivity index (χ3v) is 6.17. The predicted octanol–water partition coefficient (Wildman–Crippen LogP) is 9.08. The first-order valence-corrected chi connectivity index (χ1v) is 13.3. The van der Waals surface area contributed by atoms with E-state index in [1.807, 2.05) is 62.4 Å². The van der Waals surface area contributed by atoms with Crippen LogP contribution >= 0.6 is 15.9 Å². The van der Waals surface area contributed by atoms with Gasteiger partial charge in [-0.15, -0.1) is 5.73 Å². The van der Waals surface area contributed by atoms with E-state index in [2.05, 4.69) is 83.4 Å². The van der Waals surface area contributed by atoms with Gasteiger partial charge in [0.25, 0.3) is 0 Å². The van der Waals surface area contributed by atoms with Gasteiger partial charge in [0, 0.05) is 18.2 Å². The second-order valence-corrected chi connectivity index (χ2v) is 9.14. The van der Waals surface area contributed by atoms with Crippen molar-refractivity contribution in [2.75, 3.05) is 10.6 Å². The Kier molecular flexibility index (Phi) is 12.6. The summed E-state index contributed by atoms with van der Waals surface area (Å²) in [5.74, 6) is 2.09. The van der Waals surface area contributed by atoms with E-state index in [0.29, 0.717) is 5.92 Å². The van der Waals surface area contributed by atoms with E-state index in [1.54, 1.807) is 0 Å². The van der Waals surface area contributed by atoms with Crippen molar-refractivity contribution >= 4 is 33.6 Å². The van der Waals surface area contributed by atoms with Crippen LogP contribution in [0.1, 0.15) is 59.1 Å². The highest BCUT2D eigenvalue weighted by Gasteiger charge is 2.16. The smallest absolute Gasteiger partial charge is 0.149 e. The SMILES string of the molecule is CC.CC1=CC(c2cccc(OC3=C(Br)C=CC=C=C3)c2)Nc2ccccc2N1.CCC(C)CC=O. The van der Waals surface area contributed by atoms with Crippen LogP contribution in [-0.2, 0) is 4.79 Å². The lowest BCUT2D eigenvalue weighted by molar-refractivity contribution is -0.108. The number of nitrogens with one attached hydrogen (secondary N) is 2. The van der Waals surface area contributed by atoms with Crippen molar-refractivity contribution in [3.63, 3.8) is 0 Å². The first-order valence-electron chi connectivity index (χ1n) is 12.5. The molecule has 36 heavy (non-hydrogen) atoms. The van der Waals surface area contributed by atoms with Crippen LogP contribution in [0.4, 0.5) is 11.4 Å². The van der Waals surface area contributed by atoms with E-state index in [4.69, 9.17) is 4.74 Å². The molecule has 2 aromatic rings. The Hall–Kier alpha value is -3.27.